The second-order valence-corrected chi connectivity index (χ2v) is 7.31. The second-order valence-electron chi connectivity index (χ2n) is 6.30. The molecule has 2 aromatic rings. The third-order valence-electron chi connectivity index (χ3n) is 4.75. The molecule has 0 radical (unpaired) electrons. The number of nitrogens with zero attached hydrogens (tertiary/aromatic N) is 2. The maximum Gasteiger partial charge on any atom is 0.221 e. The summed E-state index contributed by atoms with van der Waals surface area (Å²) in [6.45, 7) is 3.30. The van der Waals surface area contributed by atoms with Gasteiger partial charge in [0.15, 0.2) is 16.7 Å². The lowest BCUT2D eigenvalue weighted by Crippen LogP contribution is -2.36. The van der Waals surface area contributed by atoms with Gasteiger partial charge in [0.1, 0.15) is 0 Å². The van der Waals surface area contributed by atoms with Crippen molar-refractivity contribution in [1.29, 1.82) is 0 Å². The predicted molar refractivity (Wildman–Crippen MR) is 96.4 cm³/mol. The molecule has 2 aliphatic heterocycles. The molecule has 1 aromatic carbocycles. The van der Waals surface area contributed by atoms with Crippen molar-refractivity contribution in [3.63, 3.8) is 0 Å². The van der Waals surface area contributed by atoms with E-state index in [0.29, 0.717) is 25.3 Å². The molecule has 6 nitrogen and oxygen atoms in total. The van der Waals surface area contributed by atoms with E-state index < -0.39 is 5.82 Å². The van der Waals surface area contributed by atoms with Crippen molar-refractivity contribution in [2.45, 2.75) is 18.9 Å². The molecule has 3 heterocycles. The van der Waals surface area contributed by atoms with Gasteiger partial charge in [0.2, 0.25) is 5.91 Å². The van der Waals surface area contributed by atoms with E-state index in [1.807, 2.05) is 0 Å². The Hall–Kier alpha value is -2.19. The first kappa shape index (κ1) is 17.2. The van der Waals surface area contributed by atoms with E-state index in [4.69, 9.17) is 14.5 Å². The minimum atomic E-state index is -0.415. The third kappa shape index (κ3) is 3.14. The van der Waals surface area contributed by atoms with Crippen LogP contribution in [0.25, 0.3) is 0 Å². The van der Waals surface area contributed by atoms with Gasteiger partial charge < -0.3 is 19.7 Å². The highest BCUT2D eigenvalue weighted by atomic mass is 32.1. The van der Waals surface area contributed by atoms with Crippen LogP contribution in [0.5, 0.6) is 5.75 Å². The Balaban J connectivity index is 1.75. The Labute approximate surface area is 154 Å². The average molecular weight is 377 g/mol. The summed E-state index contributed by atoms with van der Waals surface area (Å²) in [5.41, 5.74) is 1.29. The lowest BCUT2D eigenvalue weighted by Gasteiger charge is -2.26. The quantitative estimate of drug-likeness (QED) is 0.889. The SMILES string of the molecule is COc1cccc([C@H]2CC(=O)NCc3nc(N4CCOCC4)sc32)c1F. The van der Waals surface area contributed by atoms with Gasteiger partial charge in [-0.25, -0.2) is 9.37 Å². The van der Waals surface area contributed by atoms with Crippen LogP contribution in [-0.4, -0.2) is 44.3 Å². The van der Waals surface area contributed by atoms with Gasteiger partial charge in [-0.15, -0.1) is 11.3 Å². The van der Waals surface area contributed by atoms with E-state index in [9.17, 15) is 9.18 Å². The number of methoxy groups -OCH3 is 1. The summed E-state index contributed by atoms with van der Waals surface area (Å²) in [6, 6.07) is 5.06. The molecule has 8 heteroatoms. The Morgan fingerprint density at radius 3 is 2.96 bits per heavy atom. The Morgan fingerprint density at radius 1 is 1.38 bits per heavy atom. The number of hydrogen-bond acceptors (Lipinski definition) is 6. The van der Waals surface area contributed by atoms with Crippen LogP contribution in [-0.2, 0) is 16.1 Å². The van der Waals surface area contributed by atoms with Gasteiger partial charge in [-0.3, -0.25) is 4.79 Å². The standard InChI is InChI=1S/C18H20FN3O3S/c1-24-14-4-2-3-11(16(14)19)12-9-15(23)20-10-13-17(12)26-18(21-13)22-5-7-25-8-6-22/h2-4,12H,5-10H2,1H3,(H,20,23)/t12-/m1/s1. The highest BCUT2D eigenvalue weighted by Gasteiger charge is 2.31. The van der Waals surface area contributed by atoms with Crippen molar-refractivity contribution < 1.29 is 18.7 Å². The molecule has 0 bridgehead atoms. The molecule has 1 aromatic heterocycles. The summed E-state index contributed by atoms with van der Waals surface area (Å²) in [4.78, 5) is 20.0. The van der Waals surface area contributed by atoms with Crippen LogP contribution >= 0.6 is 11.3 Å². The van der Waals surface area contributed by atoms with Crippen LogP contribution in [0.4, 0.5) is 9.52 Å². The highest BCUT2D eigenvalue weighted by molar-refractivity contribution is 7.15. The zero-order valence-corrected chi connectivity index (χ0v) is 15.3. The molecule has 1 N–H and O–H groups in total. The second kappa shape index (κ2) is 7.20. The lowest BCUT2D eigenvalue weighted by atomic mass is 9.93. The number of ether oxygens (including phenoxy) is 2. The lowest BCUT2D eigenvalue weighted by molar-refractivity contribution is -0.121. The number of nitrogens with one attached hydrogen (secondary N) is 1. The highest BCUT2D eigenvalue weighted by Crippen LogP contribution is 2.41. The van der Waals surface area contributed by atoms with Crippen molar-refractivity contribution in [2.75, 3.05) is 38.3 Å². The Bertz CT molecular complexity index is 820. The number of fused-ring (bicyclic) bond motifs is 1. The smallest absolute Gasteiger partial charge is 0.221 e. The summed E-state index contributed by atoms with van der Waals surface area (Å²) >= 11 is 1.54. The van der Waals surface area contributed by atoms with Crippen LogP contribution in [0.2, 0.25) is 0 Å². The number of anilines is 1. The summed E-state index contributed by atoms with van der Waals surface area (Å²) in [5, 5.41) is 3.78. The number of carbonyl (C=O) groups excluding carboxylic acids is 1. The minimum Gasteiger partial charge on any atom is -0.494 e. The minimum absolute atomic E-state index is 0.102. The maximum atomic E-state index is 14.9. The van der Waals surface area contributed by atoms with E-state index in [0.717, 1.165) is 28.8 Å². The molecule has 1 fully saturated rings. The van der Waals surface area contributed by atoms with E-state index in [1.165, 1.54) is 7.11 Å². The molecule has 2 aliphatic rings. The zero-order chi connectivity index (χ0) is 18.1. The number of benzene rings is 1. The van der Waals surface area contributed by atoms with Gasteiger partial charge >= 0.3 is 0 Å². The summed E-state index contributed by atoms with van der Waals surface area (Å²) < 4.78 is 25.4. The average Bonchev–Trinajstić information content (AvgIpc) is 3.03. The monoisotopic (exact) mass is 377 g/mol. The van der Waals surface area contributed by atoms with Crippen LogP contribution in [0.1, 0.15) is 28.5 Å². The number of thiazole rings is 1. The van der Waals surface area contributed by atoms with Crippen molar-refractivity contribution in [3.8, 4) is 5.75 Å². The fraction of sp³-hybridized carbons (Fsp3) is 0.444. The van der Waals surface area contributed by atoms with Gasteiger partial charge in [0.25, 0.3) is 0 Å². The van der Waals surface area contributed by atoms with E-state index >= 15 is 0 Å². The number of hydrogen-bond donors (Lipinski definition) is 1. The topological polar surface area (TPSA) is 63.7 Å². The van der Waals surface area contributed by atoms with Crippen molar-refractivity contribution >= 4 is 22.4 Å². The van der Waals surface area contributed by atoms with E-state index in [-0.39, 0.29) is 24.0 Å². The first-order chi connectivity index (χ1) is 12.7. The molecule has 0 saturated carbocycles. The Kier molecular flexibility index (Phi) is 4.78. The molecule has 0 spiro atoms. The van der Waals surface area contributed by atoms with Crippen molar-refractivity contribution in [1.82, 2.24) is 10.3 Å². The van der Waals surface area contributed by atoms with Crippen molar-refractivity contribution in [3.05, 3.63) is 40.2 Å². The first-order valence-corrected chi connectivity index (χ1v) is 9.40. The molecular weight excluding hydrogens is 357 g/mol. The molecule has 0 unspecified atom stereocenters. The van der Waals surface area contributed by atoms with Crippen LogP contribution < -0.4 is 15.0 Å². The number of carbonyl (C=O) groups is 1. The van der Waals surface area contributed by atoms with Crippen molar-refractivity contribution in [2.24, 2.45) is 0 Å². The predicted octanol–water partition coefficient (Wildman–Crippen LogP) is 2.28. The van der Waals surface area contributed by atoms with Gasteiger partial charge in [0, 0.05) is 35.9 Å². The molecule has 0 aliphatic carbocycles. The maximum absolute atomic E-state index is 14.9. The number of amides is 1. The molecule has 26 heavy (non-hydrogen) atoms. The fourth-order valence-corrected chi connectivity index (χ4v) is 4.63. The normalized spacial score (nSPS) is 20.3. The zero-order valence-electron chi connectivity index (χ0n) is 14.5. The van der Waals surface area contributed by atoms with Crippen LogP contribution in [0, 0.1) is 5.82 Å². The molecule has 1 amide bonds. The van der Waals surface area contributed by atoms with Gasteiger partial charge in [-0.05, 0) is 6.07 Å². The largest absolute Gasteiger partial charge is 0.494 e. The van der Waals surface area contributed by atoms with E-state index in [1.54, 1.807) is 29.5 Å². The molecule has 138 valence electrons. The van der Waals surface area contributed by atoms with Gasteiger partial charge in [0.05, 0.1) is 32.6 Å². The number of aromatic nitrogens is 1. The summed E-state index contributed by atoms with van der Waals surface area (Å²) in [7, 11) is 1.44. The molecule has 1 saturated heterocycles. The number of morpholine rings is 1. The number of halogens is 1. The van der Waals surface area contributed by atoms with Crippen LogP contribution in [0.3, 0.4) is 0 Å². The number of rotatable bonds is 3. The van der Waals surface area contributed by atoms with E-state index in [2.05, 4.69) is 10.2 Å². The summed E-state index contributed by atoms with van der Waals surface area (Å²) in [6.07, 6.45) is 0.196. The van der Waals surface area contributed by atoms with Gasteiger partial charge in [-0.1, -0.05) is 12.1 Å². The third-order valence-corrected chi connectivity index (χ3v) is 6.02. The summed E-state index contributed by atoms with van der Waals surface area (Å²) in [5.74, 6) is -0.696. The van der Waals surface area contributed by atoms with Crippen LogP contribution in [0.15, 0.2) is 18.2 Å². The molecular formula is C18H20FN3O3S. The molecule has 1 atom stereocenters. The molecule has 4 rings (SSSR count). The Morgan fingerprint density at radius 2 is 2.19 bits per heavy atom. The fourth-order valence-electron chi connectivity index (χ4n) is 3.38. The van der Waals surface area contributed by atoms with Gasteiger partial charge in [-0.2, -0.15) is 0 Å². The first-order valence-electron chi connectivity index (χ1n) is 8.58.